The Balaban J connectivity index is 1.50. The Morgan fingerprint density at radius 2 is 1.67 bits per heavy atom. The van der Waals surface area contributed by atoms with Crippen LogP contribution in [-0.2, 0) is 10.3 Å². The van der Waals surface area contributed by atoms with Gasteiger partial charge in [0.05, 0.1) is 28.6 Å². The minimum Gasteiger partial charge on any atom is -0.454 e. The smallest absolute Gasteiger partial charge is 0.253 e. The highest BCUT2D eigenvalue weighted by Gasteiger charge is 2.28. The Bertz CT molecular complexity index is 1160. The predicted molar refractivity (Wildman–Crippen MR) is 126 cm³/mol. The molecule has 1 heterocycles. The first-order valence-electron chi connectivity index (χ1n) is 10.6. The van der Waals surface area contributed by atoms with Crippen LogP contribution >= 0.6 is 11.6 Å². The molecule has 0 fully saturated rings. The third-order valence-electron chi connectivity index (χ3n) is 5.56. The lowest BCUT2D eigenvalue weighted by Crippen LogP contribution is -2.43. The quantitative estimate of drug-likeness (QED) is 0.517. The predicted octanol–water partition coefficient (Wildman–Crippen LogP) is 4.98. The van der Waals surface area contributed by atoms with Crippen LogP contribution in [0, 0.1) is 0 Å². The van der Waals surface area contributed by atoms with Gasteiger partial charge in [0, 0.05) is 0 Å². The lowest BCUT2D eigenvalue weighted by molar-refractivity contribution is -0.123. The highest BCUT2D eigenvalue weighted by atomic mass is 35.5. The average molecular weight is 465 g/mol. The van der Waals surface area contributed by atoms with Gasteiger partial charge in [0.25, 0.3) is 5.91 Å². The van der Waals surface area contributed by atoms with Crippen LogP contribution in [0.4, 0.5) is 0 Å². The molecular formula is C26H25ClN2O4. The van der Waals surface area contributed by atoms with E-state index in [9.17, 15) is 9.59 Å². The molecule has 0 saturated carbocycles. The monoisotopic (exact) mass is 464 g/mol. The molecule has 0 aromatic heterocycles. The second-order valence-electron chi connectivity index (χ2n) is 8.36. The second kappa shape index (κ2) is 9.55. The van der Waals surface area contributed by atoms with Gasteiger partial charge >= 0.3 is 0 Å². The number of hydrogen-bond donors (Lipinski definition) is 2. The fraction of sp³-hybridized carbons (Fsp3) is 0.231. The van der Waals surface area contributed by atoms with E-state index < -0.39 is 11.6 Å². The molecule has 0 aliphatic carbocycles. The number of rotatable bonds is 7. The third-order valence-corrected chi connectivity index (χ3v) is 5.89. The first-order valence-corrected chi connectivity index (χ1v) is 11.0. The minimum atomic E-state index is -0.661. The van der Waals surface area contributed by atoms with Crippen LogP contribution < -0.4 is 20.1 Å². The number of carbonyl (C=O) groups is 2. The van der Waals surface area contributed by atoms with Crippen LogP contribution in [-0.4, -0.2) is 18.6 Å². The maximum atomic E-state index is 13.1. The summed E-state index contributed by atoms with van der Waals surface area (Å²) in [7, 11) is 0. The van der Waals surface area contributed by atoms with E-state index in [1.54, 1.807) is 24.3 Å². The lowest BCUT2D eigenvalue weighted by atomic mass is 9.93. The Morgan fingerprint density at radius 3 is 2.42 bits per heavy atom. The molecule has 2 amide bonds. The summed E-state index contributed by atoms with van der Waals surface area (Å²) < 4.78 is 10.8. The van der Waals surface area contributed by atoms with Gasteiger partial charge in [-0.2, -0.15) is 0 Å². The highest BCUT2D eigenvalue weighted by Crippen LogP contribution is 2.35. The molecule has 1 aliphatic rings. The molecule has 170 valence electrons. The summed E-state index contributed by atoms with van der Waals surface area (Å²) in [6.45, 7) is 4.03. The van der Waals surface area contributed by atoms with E-state index in [0.29, 0.717) is 22.1 Å². The van der Waals surface area contributed by atoms with Crippen LogP contribution in [0.25, 0.3) is 0 Å². The van der Waals surface area contributed by atoms with Crippen molar-refractivity contribution >= 4 is 23.4 Å². The summed E-state index contributed by atoms with van der Waals surface area (Å²) in [5.41, 5.74) is 1.41. The summed E-state index contributed by atoms with van der Waals surface area (Å²) >= 11 is 6.19. The van der Waals surface area contributed by atoms with E-state index in [0.717, 1.165) is 11.1 Å². The van der Waals surface area contributed by atoms with E-state index in [1.165, 1.54) is 0 Å². The topological polar surface area (TPSA) is 76.7 Å². The molecule has 0 saturated heterocycles. The van der Waals surface area contributed by atoms with Crippen LogP contribution in [0.5, 0.6) is 11.5 Å². The Kier molecular flexibility index (Phi) is 6.56. The van der Waals surface area contributed by atoms with Crippen molar-refractivity contribution in [2.75, 3.05) is 6.79 Å². The number of fused-ring (bicyclic) bond motifs is 1. The van der Waals surface area contributed by atoms with Gasteiger partial charge in [-0.1, -0.05) is 60.1 Å². The zero-order chi connectivity index (χ0) is 23.4. The maximum absolute atomic E-state index is 13.1. The third kappa shape index (κ3) is 5.29. The van der Waals surface area contributed by atoms with Crippen molar-refractivity contribution in [3.05, 3.63) is 94.5 Å². The van der Waals surface area contributed by atoms with E-state index >= 15 is 0 Å². The van der Waals surface area contributed by atoms with Gasteiger partial charge in [-0.25, -0.2) is 0 Å². The first-order chi connectivity index (χ1) is 15.8. The number of ether oxygens (including phenoxy) is 2. The summed E-state index contributed by atoms with van der Waals surface area (Å²) in [4.78, 5) is 26.0. The molecule has 33 heavy (non-hydrogen) atoms. The van der Waals surface area contributed by atoms with Crippen molar-refractivity contribution in [1.29, 1.82) is 0 Å². The van der Waals surface area contributed by atoms with Gasteiger partial charge in [0.15, 0.2) is 11.5 Å². The molecular weight excluding hydrogens is 440 g/mol. The maximum Gasteiger partial charge on any atom is 0.253 e. The normalized spacial score (nSPS) is 13.3. The summed E-state index contributed by atoms with van der Waals surface area (Å²) in [5.74, 6) is 0.805. The molecule has 0 radical (unpaired) electrons. The standard InChI is InChI=1S/C26H25ClN2O4/c1-26(2,18-12-13-22-23(14-18)33-16-32-22)29-24(30)15-21(17-8-4-3-5-9-17)28-25(31)19-10-6-7-11-20(19)27/h3-14,21H,15-16H2,1-2H3,(H,28,31)(H,29,30). The highest BCUT2D eigenvalue weighted by molar-refractivity contribution is 6.33. The Morgan fingerprint density at radius 1 is 0.970 bits per heavy atom. The Hall–Kier alpha value is -3.51. The number of amides is 2. The van der Waals surface area contributed by atoms with Gasteiger partial charge in [-0.3, -0.25) is 9.59 Å². The van der Waals surface area contributed by atoms with Crippen LogP contribution in [0.1, 0.15) is 47.8 Å². The first kappa shape index (κ1) is 22.7. The van der Waals surface area contributed by atoms with E-state index in [1.807, 2.05) is 62.4 Å². The second-order valence-corrected chi connectivity index (χ2v) is 8.77. The SMILES string of the molecule is CC(C)(NC(=O)CC(NC(=O)c1ccccc1Cl)c1ccccc1)c1ccc2c(c1)OCO2. The van der Waals surface area contributed by atoms with Crippen molar-refractivity contribution < 1.29 is 19.1 Å². The van der Waals surface area contributed by atoms with Crippen molar-refractivity contribution in [3.8, 4) is 11.5 Å². The zero-order valence-electron chi connectivity index (χ0n) is 18.4. The summed E-state index contributed by atoms with van der Waals surface area (Å²) in [6.07, 6.45) is 0.0637. The van der Waals surface area contributed by atoms with Crippen LogP contribution in [0.15, 0.2) is 72.8 Å². The summed E-state index contributed by atoms with van der Waals surface area (Å²) in [6, 6.07) is 21.3. The van der Waals surface area contributed by atoms with E-state index in [4.69, 9.17) is 21.1 Å². The van der Waals surface area contributed by atoms with E-state index in [-0.39, 0.29) is 25.0 Å². The van der Waals surface area contributed by atoms with Crippen LogP contribution in [0.3, 0.4) is 0 Å². The Labute approximate surface area is 197 Å². The molecule has 7 heteroatoms. The molecule has 0 bridgehead atoms. The number of carbonyl (C=O) groups excluding carboxylic acids is 2. The lowest BCUT2D eigenvalue weighted by Gasteiger charge is -2.28. The van der Waals surface area contributed by atoms with Gasteiger partial charge in [0.1, 0.15) is 0 Å². The number of nitrogens with one attached hydrogen (secondary N) is 2. The van der Waals surface area contributed by atoms with Crippen molar-refractivity contribution in [2.45, 2.75) is 31.8 Å². The van der Waals surface area contributed by atoms with Gasteiger partial charge < -0.3 is 20.1 Å². The molecule has 0 spiro atoms. The molecule has 1 unspecified atom stereocenters. The van der Waals surface area contributed by atoms with Gasteiger partial charge in [-0.05, 0) is 49.2 Å². The number of benzene rings is 3. The van der Waals surface area contributed by atoms with Crippen LogP contribution in [0.2, 0.25) is 5.02 Å². The molecule has 6 nitrogen and oxygen atoms in total. The molecule has 3 aromatic carbocycles. The number of halogens is 1. The largest absolute Gasteiger partial charge is 0.454 e. The molecule has 1 atom stereocenters. The fourth-order valence-electron chi connectivity index (χ4n) is 3.76. The molecule has 2 N–H and O–H groups in total. The van der Waals surface area contributed by atoms with Crippen molar-refractivity contribution in [1.82, 2.24) is 10.6 Å². The zero-order valence-corrected chi connectivity index (χ0v) is 19.2. The van der Waals surface area contributed by atoms with Gasteiger partial charge in [-0.15, -0.1) is 0 Å². The molecule has 4 rings (SSSR count). The summed E-state index contributed by atoms with van der Waals surface area (Å²) in [5, 5.41) is 6.39. The van der Waals surface area contributed by atoms with Crippen molar-refractivity contribution in [2.24, 2.45) is 0 Å². The van der Waals surface area contributed by atoms with Gasteiger partial charge in [0.2, 0.25) is 12.7 Å². The fourth-order valence-corrected chi connectivity index (χ4v) is 3.98. The number of hydrogen-bond acceptors (Lipinski definition) is 4. The average Bonchev–Trinajstić information content (AvgIpc) is 3.27. The molecule has 1 aliphatic heterocycles. The van der Waals surface area contributed by atoms with E-state index in [2.05, 4.69) is 10.6 Å². The van der Waals surface area contributed by atoms with Crippen molar-refractivity contribution in [3.63, 3.8) is 0 Å². The molecule has 3 aromatic rings. The minimum absolute atomic E-state index is 0.0637.